The molecule has 5 rings (SSSR count). The van der Waals surface area contributed by atoms with E-state index in [-0.39, 0.29) is 5.91 Å². The first-order valence-electron chi connectivity index (χ1n) is 10.5. The molecule has 6 nitrogen and oxygen atoms in total. The quantitative estimate of drug-likeness (QED) is 0.312. The number of nitrogens with zero attached hydrogens (tertiary/aromatic N) is 2. The third-order valence-corrected chi connectivity index (χ3v) is 5.92. The Labute approximate surface area is 195 Å². The SMILES string of the molecule is CC(=O)Nc1ccc(C)cc1-c1ccc(-c2[nH]ncc2-c2nc3cc(Cl)c(C)cc3o2)cc1. The molecule has 33 heavy (non-hydrogen) atoms. The number of hydrogen-bond donors (Lipinski definition) is 2. The molecule has 0 atom stereocenters. The molecule has 0 unspecified atom stereocenters. The summed E-state index contributed by atoms with van der Waals surface area (Å²) >= 11 is 6.24. The molecule has 2 heterocycles. The Morgan fingerprint density at radius 1 is 1.00 bits per heavy atom. The molecular formula is C26H21ClN4O2. The lowest BCUT2D eigenvalue weighted by molar-refractivity contribution is -0.114. The Bertz CT molecular complexity index is 1460. The number of aromatic amines is 1. The molecule has 0 radical (unpaired) electrons. The van der Waals surface area contributed by atoms with Gasteiger partial charge in [0.2, 0.25) is 11.8 Å². The van der Waals surface area contributed by atoms with Crippen molar-refractivity contribution in [1.82, 2.24) is 15.2 Å². The minimum absolute atomic E-state index is 0.103. The van der Waals surface area contributed by atoms with E-state index in [1.54, 1.807) is 6.20 Å². The van der Waals surface area contributed by atoms with Crippen LogP contribution in [0.2, 0.25) is 5.02 Å². The normalized spacial score (nSPS) is 11.2. The summed E-state index contributed by atoms with van der Waals surface area (Å²) in [5.74, 6) is 0.375. The average molecular weight is 457 g/mol. The zero-order valence-corrected chi connectivity index (χ0v) is 19.1. The number of anilines is 1. The molecule has 0 aliphatic rings. The molecular weight excluding hydrogens is 436 g/mol. The fraction of sp³-hybridized carbons (Fsp3) is 0.115. The number of oxazole rings is 1. The van der Waals surface area contributed by atoms with Crippen molar-refractivity contribution in [3.8, 4) is 33.8 Å². The van der Waals surface area contributed by atoms with E-state index < -0.39 is 0 Å². The fourth-order valence-electron chi connectivity index (χ4n) is 3.85. The number of hydrogen-bond acceptors (Lipinski definition) is 4. The zero-order chi connectivity index (χ0) is 23.1. The summed E-state index contributed by atoms with van der Waals surface area (Å²) in [4.78, 5) is 16.2. The molecule has 0 bridgehead atoms. The van der Waals surface area contributed by atoms with E-state index >= 15 is 0 Å². The Hall–Kier alpha value is -3.90. The van der Waals surface area contributed by atoms with Crippen LogP contribution in [0.15, 0.2) is 65.2 Å². The molecule has 7 heteroatoms. The lowest BCUT2D eigenvalue weighted by Crippen LogP contribution is -2.07. The van der Waals surface area contributed by atoms with Gasteiger partial charge in [0.05, 0.1) is 17.5 Å². The van der Waals surface area contributed by atoms with Gasteiger partial charge in [-0.1, -0.05) is 47.5 Å². The van der Waals surface area contributed by atoms with Crippen LogP contribution < -0.4 is 5.32 Å². The summed E-state index contributed by atoms with van der Waals surface area (Å²) in [5.41, 5.74) is 8.69. The number of H-pyrrole nitrogens is 1. The van der Waals surface area contributed by atoms with Gasteiger partial charge in [0.1, 0.15) is 5.52 Å². The monoisotopic (exact) mass is 456 g/mol. The third-order valence-electron chi connectivity index (χ3n) is 5.51. The van der Waals surface area contributed by atoms with Crippen LogP contribution in [0.4, 0.5) is 5.69 Å². The van der Waals surface area contributed by atoms with E-state index in [4.69, 9.17) is 16.0 Å². The highest BCUT2D eigenvalue weighted by molar-refractivity contribution is 6.32. The standard InChI is InChI=1S/C26H21ClN4O2/c1-14-4-9-22(29-16(3)32)19(10-14)17-5-7-18(8-6-17)25-20(13-28-31-25)26-30-23-12-21(27)15(2)11-24(23)33-26/h4-13H,1-3H3,(H,28,31)(H,29,32). The maximum Gasteiger partial charge on any atom is 0.231 e. The van der Waals surface area contributed by atoms with E-state index in [0.29, 0.717) is 22.0 Å². The van der Waals surface area contributed by atoms with E-state index in [1.165, 1.54) is 6.92 Å². The molecule has 5 aromatic rings. The maximum absolute atomic E-state index is 11.6. The van der Waals surface area contributed by atoms with Crippen LogP contribution in [0, 0.1) is 13.8 Å². The highest BCUT2D eigenvalue weighted by atomic mass is 35.5. The summed E-state index contributed by atoms with van der Waals surface area (Å²) < 4.78 is 6.00. The van der Waals surface area contributed by atoms with Gasteiger partial charge in [-0.2, -0.15) is 5.10 Å². The molecule has 3 aromatic carbocycles. The first-order chi connectivity index (χ1) is 15.9. The van der Waals surface area contributed by atoms with Crippen LogP contribution in [-0.2, 0) is 4.79 Å². The second-order valence-electron chi connectivity index (χ2n) is 8.05. The molecule has 2 aromatic heterocycles. The van der Waals surface area contributed by atoms with Crippen molar-refractivity contribution in [3.05, 3.63) is 76.9 Å². The van der Waals surface area contributed by atoms with Crippen LogP contribution in [0.3, 0.4) is 0 Å². The minimum atomic E-state index is -0.103. The predicted molar refractivity (Wildman–Crippen MR) is 131 cm³/mol. The summed E-state index contributed by atoms with van der Waals surface area (Å²) in [6.07, 6.45) is 1.71. The Morgan fingerprint density at radius 3 is 2.52 bits per heavy atom. The van der Waals surface area contributed by atoms with E-state index in [2.05, 4.69) is 26.6 Å². The van der Waals surface area contributed by atoms with Crippen molar-refractivity contribution in [2.75, 3.05) is 5.32 Å². The van der Waals surface area contributed by atoms with Crippen LogP contribution in [-0.4, -0.2) is 21.1 Å². The maximum atomic E-state index is 11.6. The molecule has 2 N–H and O–H groups in total. The Kier molecular flexibility index (Phi) is 5.23. The largest absolute Gasteiger partial charge is 0.436 e. The van der Waals surface area contributed by atoms with Crippen molar-refractivity contribution in [1.29, 1.82) is 0 Å². The lowest BCUT2D eigenvalue weighted by atomic mass is 9.98. The molecule has 0 aliphatic carbocycles. The molecule has 0 saturated heterocycles. The fourth-order valence-corrected chi connectivity index (χ4v) is 4.00. The van der Waals surface area contributed by atoms with Crippen LogP contribution in [0.5, 0.6) is 0 Å². The Balaban J connectivity index is 1.52. The molecule has 1 amide bonds. The number of amides is 1. The second kappa shape index (κ2) is 8.22. The van der Waals surface area contributed by atoms with Gasteiger partial charge >= 0.3 is 0 Å². The molecule has 164 valence electrons. The number of aryl methyl sites for hydroxylation is 2. The van der Waals surface area contributed by atoms with Crippen molar-refractivity contribution in [2.45, 2.75) is 20.8 Å². The summed E-state index contributed by atoms with van der Waals surface area (Å²) in [6.45, 7) is 5.47. The molecule has 0 fully saturated rings. The van der Waals surface area contributed by atoms with Crippen molar-refractivity contribution >= 4 is 34.3 Å². The number of fused-ring (bicyclic) bond motifs is 1. The van der Waals surface area contributed by atoms with E-state index in [1.807, 2.05) is 62.4 Å². The van der Waals surface area contributed by atoms with E-state index in [0.717, 1.165) is 44.8 Å². The van der Waals surface area contributed by atoms with Gasteiger partial charge in [0, 0.05) is 28.8 Å². The first-order valence-corrected chi connectivity index (χ1v) is 10.9. The first kappa shape index (κ1) is 21.0. The molecule has 0 saturated carbocycles. The number of nitrogens with one attached hydrogen (secondary N) is 2. The van der Waals surface area contributed by atoms with Crippen LogP contribution in [0.25, 0.3) is 44.9 Å². The Morgan fingerprint density at radius 2 is 1.76 bits per heavy atom. The second-order valence-corrected chi connectivity index (χ2v) is 8.46. The molecule has 0 spiro atoms. The lowest BCUT2D eigenvalue weighted by Gasteiger charge is -2.12. The van der Waals surface area contributed by atoms with Crippen molar-refractivity contribution < 1.29 is 9.21 Å². The van der Waals surface area contributed by atoms with Crippen molar-refractivity contribution in [2.24, 2.45) is 0 Å². The molecule has 0 aliphatic heterocycles. The topological polar surface area (TPSA) is 83.8 Å². The van der Waals surface area contributed by atoms with Gasteiger partial charge in [-0.05, 0) is 49.2 Å². The predicted octanol–water partition coefficient (Wildman–Crippen LogP) is 6.78. The van der Waals surface area contributed by atoms with Gasteiger partial charge in [-0.25, -0.2) is 4.98 Å². The smallest absolute Gasteiger partial charge is 0.231 e. The highest BCUT2D eigenvalue weighted by Crippen LogP contribution is 2.35. The number of benzene rings is 3. The highest BCUT2D eigenvalue weighted by Gasteiger charge is 2.17. The van der Waals surface area contributed by atoms with Gasteiger partial charge in [0.25, 0.3) is 0 Å². The zero-order valence-electron chi connectivity index (χ0n) is 18.4. The number of aromatic nitrogens is 3. The van der Waals surface area contributed by atoms with Gasteiger partial charge < -0.3 is 9.73 Å². The number of carbonyl (C=O) groups is 1. The number of rotatable bonds is 4. The van der Waals surface area contributed by atoms with Gasteiger partial charge in [0.15, 0.2) is 5.58 Å². The minimum Gasteiger partial charge on any atom is -0.436 e. The summed E-state index contributed by atoms with van der Waals surface area (Å²) in [5, 5.41) is 10.8. The van der Waals surface area contributed by atoms with Crippen molar-refractivity contribution in [3.63, 3.8) is 0 Å². The third kappa shape index (κ3) is 4.01. The summed E-state index contributed by atoms with van der Waals surface area (Å²) in [6, 6.07) is 17.7. The van der Waals surface area contributed by atoms with Gasteiger partial charge in [-0.15, -0.1) is 0 Å². The van der Waals surface area contributed by atoms with E-state index in [9.17, 15) is 4.79 Å². The van der Waals surface area contributed by atoms with Crippen LogP contribution >= 0.6 is 11.6 Å². The summed E-state index contributed by atoms with van der Waals surface area (Å²) in [7, 11) is 0. The van der Waals surface area contributed by atoms with Crippen LogP contribution in [0.1, 0.15) is 18.1 Å². The average Bonchev–Trinajstić information content (AvgIpc) is 3.42. The van der Waals surface area contributed by atoms with Gasteiger partial charge in [-0.3, -0.25) is 9.89 Å². The number of carbonyl (C=O) groups excluding carboxylic acids is 1. The number of halogens is 1.